The highest BCUT2D eigenvalue weighted by molar-refractivity contribution is 5.33. The van der Waals surface area contributed by atoms with Gasteiger partial charge in [-0.1, -0.05) is 6.92 Å². The highest BCUT2D eigenvalue weighted by Gasteiger charge is 2.21. The molecular weight excluding hydrogens is 162 g/mol. The zero-order valence-corrected chi connectivity index (χ0v) is 8.33. The molecule has 2 atom stereocenters. The third-order valence-corrected chi connectivity index (χ3v) is 2.76. The van der Waals surface area contributed by atoms with Crippen molar-refractivity contribution in [3.8, 4) is 0 Å². The topological polar surface area (TPSA) is 29.9 Å². The minimum atomic E-state index is 0.643. The number of nitrogens with zero attached hydrogens (tertiary/aromatic N) is 2. The van der Waals surface area contributed by atoms with E-state index in [9.17, 15) is 0 Å². The predicted molar refractivity (Wildman–Crippen MR) is 53.6 cm³/mol. The van der Waals surface area contributed by atoms with Gasteiger partial charge in [-0.05, 0) is 25.2 Å². The Morgan fingerprint density at radius 2 is 2.38 bits per heavy atom. The molecule has 1 fully saturated rings. The van der Waals surface area contributed by atoms with Crippen molar-refractivity contribution < 1.29 is 0 Å². The van der Waals surface area contributed by atoms with Crippen LogP contribution in [-0.4, -0.2) is 15.8 Å². The second-order valence-corrected chi connectivity index (χ2v) is 4.13. The van der Waals surface area contributed by atoms with Crippen molar-refractivity contribution in [1.29, 1.82) is 0 Å². The van der Waals surface area contributed by atoms with Crippen molar-refractivity contribution >= 4 is 5.82 Å². The molecule has 1 aliphatic rings. The SMILES string of the molecule is C[C@@H]1CC[C@H](Nc2ccn(C)n2)C1. The fourth-order valence-corrected chi connectivity index (χ4v) is 2.04. The van der Waals surface area contributed by atoms with Gasteiger partial charge in [-0.2, -0.15) is 5.10 Å². The number of nitrogens with one attached hydrogen (secondary N) is 1. The van der Waals surface area contributed by atoms with Gasteiger partial charge in [0.05, 0.1) is 0 Å². The molecule has 0 bridgehead atoms. The van der Waals surface area contributed by atoms with Gasteiger partial charge < -0.3 is 5.32 Å². The van der Waals surface area contributed by atoms with E-state index in [1.165, 1.54) is 19.3 Å². The van der Waals surface area contributed by atoms with Gasteiger partial charge in [-0.3, -0.25) is 4.68 Å². The van der Waals surface area contributed by atoms with Crippen molar-refractivity contribution in [2.75, 3.05) is 5.32 Å². The fourth-order valence-electron chi connectivity index (χ4n) is 2.04. The first-order valence-corrected chi connectivity index (χ1v) is 5.00. The van der Waals surface area contributed by atoms with Gasteiger partial charge in [0.2, 0.25) is 0 Å². The molecule has 0 radical (unpaired) electrons. The van der Waals surface area contributed by atoms with Crippen LogP contribution in [0.5, 0.6) is 0 Å². The summed E-state index contributed by atoms with van der Waals surface area (Å²) in [5.41, 5.74) is 0. The number of hydrogen-bond donors (Lipinski definition) is 1. The van der Waals surface area contributed by atoms with Crippen molar-refractivity contribution in [2.45, 2.75) is 32.2 Å². The normalized spacial score (nSPS) is 27.8. The second kappa shape index (κ2) is 3.40. The van der Waals surface area contributed by atoms with Gasteiger partial charge >= 0.3 is 0 Å². The van der Waals surface area contributed by atoms with E-state index in [-0.39, 0.29) is 0 Å². The molecule has 0 amide bonds. The van der Waals surface area contributed by atoms with Gasteiger partial charge in [-0.15, -0.1) is 0 Å². The van der Waals surface area contributed by atoms with E-state index >= 15 is 0 Å². The lowest BCUT2D eigenvalue weighted by molar-refractivity contribution is 0.602. The van der Waals surface area contributed by atoms with Crippen LogP contribution in [0.15, 0.2) is 12.3 Å². The quantitative estimate of drug-likeness (QED) is 0.752. The summed E-state index contributed by atoms with van der Waals surface area (Å²) in [6.07, 6.45) is 5.90. The van der Waals surface area contributed by atoms with Gasteiger partial charge in [0, 0.05) is 25.4 Å². The summed E-state index contributed by atoms with van der Waals surface area (Å²) in [7, 11) is 1.95. The number of aromatic nitrogens is 2. The largest absolute Gasteiger partial charge is 0.366 e. The van der Waals surface area contributed by atoms with E-state index in [0.29, 0.717) is 6.04 Å². The lowest BCUT2D eigenvalue weighted by atomic mass is 10.1. The molecule has 1 aliphatic carbocycles. The van der Waals surface area contributed by atoms with E-state index in [0.717, 1.165) is 11.7 Å². The number of anilines is 1. The fraction of sp³-hybridized carbons (Fsp3) is 0.700. The third-order valence-electron chi connectivity index (χ3n) is 2.76. The standard InChI is InChI=1S/C10H17N3/c1-8-3-4-9(7-8)11-10-5-6-13(2)12-10/h5-6,8-9H,3-4,7H2,1-2H3,(H,11,12)/t8-,9+/m1/s1. The molecule has 13 heavy (non-hydrogen) atoms. The van der Waals surface area contributed by atoms with Crippen LogP contribution in [0.4, 0.5) is 5.82 Å². The van der Waals surface area contributed by atoms with E-state index in [2.05, 4.69) is 17.3 Å². The summed E-state index contributed by atoms with van der Waals surface area (Å²) in [6.45, 7) is 2.32. The third kappa shape index (κ3) is 2.02. The first-order valence-electron chi connectivity index (χ1n) is 5.00. The molecule has 1 aromatic heterocycles. The van der Waals surface area contributed by atoms with Gasteiger partial charge in [-0.25, -0.2) is 0 Å². The molecule has 1 saturated carbocycles. The number of rotatable bonds is 2. The van der Waals surface area contributed by atoms with Crippen LogP contribution >= 0.6 is 0 Å². The highest BCUT2D eigenvalue weighted by Crippen LogP contribution is 2.26. The number of hydrogen-bond acceptors (Lipinski definition) is 2. The first-order chi connectivity index (χ1) is 6.24. The van der Waals surface area contributed by atoms with E-state index in [1.54, 1.807) is 0 Å². The Hall–Kier alpha value is -0.990. The molecule has 0 saturated heterocycles. The summed E-state index contributed by atoms with van der Waals surface area (Å²) < 4.78 is 1.83. The molecule has 3 nitrogen and oxygen atoms in total. The monoisotopic (exact) mass is 179 g/mol. The van der Waals surface area contributed by atoms with E-state index < -0.39 is 0 Å². The van der Waals surface area contributed by atoms with Crippen LogP contribution in [0.3, 0.4) is 0 Å². The molecule has 1 heterocycles. The lowest BCUT2D eigenvalue weighted by Crippen LogP contribution is -2.15. The molecule has 3 heteroatoms. The minimum absolute atomic E-state index is 0.643. The van der Waals surface area contributed by atoms with Crippen LogP contribution in [0, 0.1) is 5.92 Å². The maximum absolute atomic E-state index is 4.30. The zero-order valence-electron chi connectivity index (χ0n) is 8.33. The molecule has 1 aromatic rings. The molecule has 0 spiro atoms. The van der Waals surface area contributed by atoms with Crippen LogP contribution < -0.4 is 5.32 Å². The smallest absolute Gasteiger partial charge is 0.148 e. The Morgan fingerprint density at radius 1 is 1.54 bits per heavy atom. The van der Waals surface area contributed by atoms with Crippen LogP contribution in [0.25, 0.3) is 0 Å². The highest BCUT2D eigenvalue weighted by atomic mass is 15.3. The molecule has 1 N–H and O–H groups in total. The Bertz CT molecular complexity index is 279. The van der Waals surface area contributed by atoms with Crippen molar-refractivity contribution in [1.82, 2.24) is 9.78 Å². The van der Waals surface area contributed by atoms with Gasteiger partial charge in [0.25, 0.3) is 0 Å². The Labute approximate surface area is 79.1 Å². The van der Waals surface area contributed by atoms with Crippen molar-refractivity contribution in [3.63, 3.8) is 0 Å². The summed E-state index contributed by atoms with van der Waals surface area (Å²) in [6, 6.07) is 2.67. The molecular formula is C10H17N3. The summed E-state index contributed by atoms with van der Waals surface area (Å²) in [5.74, 6) is 1.89. The lowest BCUT2D eigenvalue weighted by Gasteiger charge is -2.10. The molecule has 72 valence electrons. The van der Waals surface area contributed by atoms with Crippen LogP contribution in [-0.2, 0) is 7.05 Å². The number of aryl methyl sites for hydroxylation is 1. The average Bonchev–Trinajstić information content (AvgIpc) is 2.62. The average molecular weight is 179 g/mol. The second-order valence-electron chi connectivity index (χ2n) is 4.13. The Kier molecular flexibility index (Phi) is 2.25. The van der Waals surface area contributed by atoms with Crippen LogP contribution in [0.1, 0.15) is 26.2 Å². The minimum Gasteiger partial charge on any atom is -0.366 e. The summed E-state index contributed by atoms with van der Waals surface area (Å²) in [4.78, 5) is 0. The van der Waals surface area contributed by atoms with Gasteiger partial charge in [0.1, 0.15) is 5.82 Å². The van der Waals surface area contributed by atoms with Gasteiger partial charge in [0.15, 0.2) is 0 Å². The predicted octanol–water partition coefficient (Wildman–Crippen LogP) is 2.02. The maximum Gasteiger partial charge on any atom is 0.148 e. The summed E-state index contributed by atoms with van der Waals surface area (Å²) in [5, 5.41) is 7.76. The Morgan fingerprint density at radius 3 is 2.92 bits per heavy atom. The molecule has 0 unspecified atom stereocenters. The molecule has 0 aromatic carbocycles. The first kappa shape index (κ1) is 8.60. The summed E-state index contributed by atoms with van der Waals surface area (Å²) >= 11 is 0. The maximum atomic E-state index is 4.30. The van der Waals surface area contributed by atoms with E-state index in [1.807, 2.05) is 24.0 Å². The van der Waals surface area contributed by atoms with Crippen LogP contribution in [0.2, 0.25) is 0 Å². The zero-order chi connectivity index (χ0) is 9.26. The van der Waals surface area contributed by atoms with E-state index in [4.69, 9.17) is 0 Å². The molecule has 0 aliphatic heterocycles. The van der Waals surface area contributed by atoms with Crippen molar-refractivity contribution in [2.24, 2.45) is 13.0 Å². The Balaban J connectivity index is 1.91. The molecule has 2 rings (SSSR count). The van der Waals surface area contributed by atoms with Crippen molar-refractivity contribution in [3.05, 3.63) is 12.3 Å².